The van der Waals surface area contributed by atoms with Gasteiger partial charge in [0.15, 0.2) is 5.78 Å². The van der Waals surface area contributed by atoms with Crippen molar-refractivity contribution in [3.8, 4) is 11.5 Å². The number of para-hydroxylation sites is 2. The summed E-state index contributed by atoms with van der Waals surface area (Å²) in [4.78, 5) is 107. The van der Waals surface area contributed by atoms with E-state index in [9.17, 15) is 48.6 Å². The lowest BCUT2D eigenvalue weighted by Gasteiger charge is -2.34. The summed E-state index contributed by atoms with van der Waals surface area (Å²) >= 11 is 0. The number of likely N-dealkylation sites (tertiary alicyclic amines) is 1. The summed E-state index contributed by atoms with van der Waals surface area (Å²) in [5.74, 6) is -9.57. The molecule has 0 spiro atoms. The van der Waals surface area contributed by atoms with Crippen molar-refractivity contribution in [3.05, 3.63) is 96.6 Å². The predicted molar refractivity (Wildman–Crippen MR) is 261 cm³/mol. The van der Waals surface area contributed by atoms with Crippen LogP contribution in [0.1, 0.15) is 92.1 Å². The minimum absolute atomic E-state index is 0.0235. The molecule has 21 heteroatoms. The van der Waals surface area contributed by atoms with Crippen LogP contribution in [0.3, 0.4) is 0 Å². The SMILES string of the molecule is CCCC(NC(=O)[C@@H]1C[C@@H](OCc2ccccc2)CN1C(=O)[C@@H](NC(=O)[C@@H](NC(=O)[C@@H](CCC(=O)O)NC(=O)[C@H](CC(=O)O)NC(C)=O)[C@@H](C)CC)C(C)C)P(=O)(Oc1ccccc1)Oc1ccccc1. The van der Waals surface area contributed by atoms with Crippen molar-refractivity contribution in [1.82, 2.24) is 31.5 Å². The number of hydrogen-bond donors (Lipinski definition) is 7. The molecule has 0 aliphatic carbocycles. The van der Waals surface area contributed by atoms with Gasteiger partial charge < -0.3 is 55.5 Å². The zero-order valence-electron chi connectivity index (χ0n) is 40.9. The van der Waals surface area contributed by atoms with E-state index in [1.165, 1.54) is 4.90 Å². The molecule has 1 fully saturated rings. The fraction of sp³-hybridized carbons (Fsp3) is 0.480. The average Bonchev–Trinajstić information content (AvgIpc) is 3.77. The first kappa shape index (κ1) is 56.8. The van der Waals surface area contributed by atoms with Crippen LogP contribution < -0.4 is 35.6 Å². The average molecular weight is 1010 g/mol. The molecule has 4 rings (SSSR count). The van der Waals surface area contributed by atoms with Gasteiger partial charge in [-0.05, 0) is 54.5 Å². The van der Waals surface area contributed by atoms with Gasteiger partial charge in [-0.3, -0.25) is 38.4 Å². The van der Waals surface area contributed by atoms with Gasteiger partial charge in [0.25, 0.3) is 0 Å². The highest BCUT2D eigenvalue weighted by Crippen LogP contribution is 2.53. The Bertz CT molecular complexity index is 2260. The van der Waals surface area contributed by atoms with Crippen molar-refractivity contribution in [2.75, 3.05) is 6.54 Å². The van der Waals surface area contributed by atoms with Crippen molar-refractivity contribution >= 4 is 55.0 Å². The van der Waals surface area contributed by atoms with E-state index in [-0.39, 0.29) is 37.5 Å². The van der Waals surface area contributed by atoms with Crippen LogP contribution in [-0.4, -0.2) is 111 Å². The number of hydrogen-bond acceptors (Lipinski definition) is 12. The third-order valence-corrected chi connectivity index (χ3v) is 13.8. The standard InChI is InChI=1S/C50H67N6O14P/c1-7-18-41(71(67,69-35-21-14-10-15-22-35)70-36-23-16-11-17-24-36)53-48(64)40-27-37(68-30-34-19-12-9-13-20-34)29-56(40)50(66)44(31(3)4)54-49(65)45(32(5)8-2)55-46(62)38(25-26-42(58)59)52-47(63)39(28-43(60)61)51-33(6)57/h9-17,19-24,31-32,37-41,44-45H,7-8,18,25-30H2,1-6H3,(H,51,57)(H,52,63)(H,53,64)(H,54,65)(H,55,62)(H,58,59)(H,60,61)/t32-,37+,38+,39-,40-,41?,44-,45-/m0/s1. The summed E-state index contributed by atoms with van der Waals surface area (Å²) in [6.07, 6.45) is -1.62. The number of carboxylic acid groups (broad SMARTS) is 2. The van der Waals surface area contributed by atoms with Crippen molar-refractivity contribution in [2.45, 2.75) is 135 Å². The number of carbonyl (C=O) groups is 8. The molecule has 1 aliphatic heterocycles. The largest absolute Gasteiger partial charge is 0.481 e. The second kappa shape index (κ2) is 27.6. The Labute approximate surface area is 413 Å². The summed E-state index contributed by atoms with van der Waals surface area (Å²) in [5, 5.41) is 31.6. The Morgan fingerprint density at radius 3 is 1.75 bits per heavy atom. The van der Waals surface area contributed by atoms with Crippen LogP contribution in [0, 0.1) is 11.8 Å². The second-order valence-electron chi connectivity index (χ2n) is 17.8. The molecular formula is C50H67N6O14P. The molecule has 386 valence electrons. The first-order chi connectivity index (χ1) is 33.7. The molecule has 0 aromatic heterocycles. The molecule has 0 saturated carbocycles. The molecule has 20 nitrogen and oxygen atoms in total. The lowest BCUT2D eigenvalue weighted by atomic mass is 9.95. The Morgan fingerprint density at radius 1 is 0.690 bits per heavy atom. The zero-order valence-corrected chi connectivity index (χ0v) is 41.8. The third-order valence-electron chi connectivity index (χ3n) is 11.8. The lowest BCUT2D eigenvalue weighted by Crippen LogP contribution is -2.61. The maximum absolute atomic E-state index is 15.0. The number of carboxylic acids is 2. The Balaban J connectivity index is 1.65. The van der Waals surface area contributed by atoms with Crippen molar-refractivity contribution in [1.29, 1.82) is 0 Å². The summed E-state index contributed by atoms with van der Waals surface area (Å²) in [5.41, 5.74) is 0.848. The van der Waals surface area contributed by atoms with Crippen molar-refractivity contribution < 1.29 is 66.9 Å². The number of benzene rings is 3. The quantitative estimate of drug-likeness (QED) is 0.0483. The summed E-state index contributed by atoms with van der Waals surface area (Å²) in [6, 6.07) is 19.0. The molecule has 8 atom stereocenters. The number of rotatable bonds is 28. The second-order valence-corrected chi connectivity index (χ2v) is 19.8. The summed E-state index contributed by atoms with van der Waals surface area (Å²) in [7, 11) is -4.28. The van der Waals surface area contributed by atoms with Gasteiger partial charge in [-0.1, -0.05) is 114 Å². The predicted octanol–water partition coefficient (Wildman–Crippen LogP) is 4.77. The molecule has 7 N–H and O–H groups in total. The smallest absolute Gasteiger partial charge is 0.452 e. The van der Waals surface area contributed by atoms with Crippen LogP contribution in [0.15, 0.2) is 91.0 Å². The normalized spacial score (nSPS) is 17.0. The van der Waals surface area contributed by atoms with Crippen LogP contribution in [0.2, 0.25) is 0 Å². The van der Waals surface area contributed by atoms with Crippen LogP contribution >= 0.6 is 7.60 Å². The maximum atomic E-state index is 15.0. The molecule has 6 amide bonds. The van der Waals surface area contributed by atoms with E-state index in [1.54, 1.807) is 88.4 Å². The molecule has 3 aromatic carbocycles. The van der Waals surface area contributed by atoms with Crippen molar-refractivity contribution in [2.24, 2.45) is 11.8 Å². The highest BCUT2D eigenvalue weighted by atomic mass is 31.2. The van der Waals surface area contributed by atoms with Gasteiger partial charge in [-0.2, -0.15) is 0 Å². The van der Waals surface area contributed by atoms with E-state index in [1.807, 2.05) is 37.3 Å². The number of amides is 6. The van der Waals surface area contributed by atoms with Crippen molar-refractivity contribution in [3.63, 3.8) is 0 Å². The fourth-order valence-electron chi connectivity index (χ4n) is 7.77. The third kappa shape index (κ3) is 17.5. The summed E-state index contributed by atoms with van der Waals surface area (Å²) < 4.78 is 33.5. The fourth-order valence-corrected chi connectivity index (χ4v) is 9.76. The maximum Gasteiger partial charge on any atom is 0.452 e. The molecule has 71 heavy (non-hydrogen) atoms. The van der Waals surface area contributed by atoms with Crippen LogP contribution in [-0.2, 0) is 54.3 Å². The molecule has 1 unspecified atom stereocenters. The minimum atomic E-state index is -4.28. The Kier molecular flexibility index (Phi) is 22.0. The van der Waals surface area contributed by atoms with Gasteiger partial charge in [-0.15, -0.1) is 0 Å². The van der Waals surface area contributed by atoms with Gasteiger partial charge in [0.2, 0.25) is 35.4 Å². The van der Waals surface area contributed by atoms with Crippen LogP contribution in [0.5, 0.6) is 11.5 Å². The number of ether oxygens (including phenoxy) is 1. The molecule has 1 saturated heterocycles. The monoisotopic (exact) mass is 1010 g/mol. The number of aliphatic carboxylic acids is 2. The molecule has 1 heterocycles. The highest BCUT2D eigenvalue weighted by molar-refractivity contribution is 7.55. The van der Waals surface area contributed by atoms with Gasteiger partial charge >= 0.3 is 19.5 Å². The van der Waals surface area contributed by atoms with Gasteiger partial charge in [0.1, 0.15) is 41.7 Å². The molecule has 3 aromatic rings. The van der Waals surface area contributed by atoms with E-state index in [2.05, 4.69) is 26.6 Å². The molecule has 1 aliphatic rings. The van der Waals surface area contributed by atoms with Gasteiger partial charge in [0.05, 0.1) is 19.1 Å². The number of nitrogens with zero attached hydrogens (tertiary/aromatic N) is 1. The van der Waals surface area contributed by atoms with Gasteiger partial charge in [0, 0.05) is 26.3 Å². The zero-order chi connectivity index (χ0) is 52.3. The first-order valence-corrected chi connectivity index (χ1v) is 25.3. The molecular weight excluding hydrogens is 940 g/mol. The minimum Gasteiger partial charge on any atom is -0.481 e. The van der Waals surface area contributed by atoms with E-state index < -0.39 is 128 Å². The van der Waals surface area contributed by atoms with Crippen LogP contribution in [0.25, 0.3) is 0 Å². The lowest BCUT2D eigenvalue weighted by molar-refractivity contribution is -0.143. The van der Waals surface area contributed by atoms with Crippen LogP contribution in [0.4, 0.5) is 0 Å². The van der Waals surface area contributed by atoms with E-state index >= 15 is 4.57 Å². The first-order valence-electron chi connectivity index (χ1n) is 23.7. The van der Waals surface area contributed by atoms with E-state index in [0.717, 1.165) is 12.5 Å². The highest BCUT2D eigenvalue weighted by Gasteiger charge is 2.47. The molecule has 0 radical (unpaired) electrons. The van der Waals surface area contributed by atoms with E-state index in [4.69, 9.17) is 13.8 Å². The van der Waals surface area contributed by atoms with E-state index in [0.29, 0.717) is 12.8 Å². The Morgan fingerprint density at radius 2 is 1.24 bits per heavy atom. The summed E-state index contributed by atoms with van der Waals surface area (Å²) in [6.45, 7) is 9.77. The van der Waals surface area contributed by atoms with Gasteiger partial charge in [-0.25, -0.2) is 4.57 Å². The number of nitrogens with one attached hydrogen (secondary N) is 5. The molecule has 0 bridgehead atoms. The topological polar surface area (TPSA) is 285 Å². The Hall–Kier alpha value is -6.79. The number of carbonyl (C=O) groups excluding carboxylic acids is 6.